The predicted octanol–water partition coefficient (Wildman–Crippen LogP) is 2.45. The Balaban J connectivity index is 1.65. The maximum Gasteiger partial charge on any atom is 0.270 e. The van der Waals surface area contributed by atoms with E-state index in [2.05, 4.69) is 25.8 Å². The maximum atomic E-state index is 12.2. The first-order chi connectivity index (χ1) is 11.2. The molecule has 116 valence electrons. The van der Waals surface area contributed by atoms with Gasteiger partial charge >= 0.3 is 0 Å². The number of hydrogen-bond donors (Lipinski definition) is 2. The number of rotatable bonds is 5. The van der Waals surface area contributed by atoms with E-state index in [0.717, 1.165) is 5.56 Å². The summed E-state index contributed by atoms with van der Waals surface area (Å²) in [5.41, 5.74) is 1.95. The van der Waals surface area contributed by atoms with Crippen LogP contribution in [0.25, 0.3) is 0 Å². The molecule has 3 aromatic heterocycles. The van der Waals surface area contributed by atoms with E-state index in [-0.39, 0.29) is 5.91 Å². The Labute approximate surface area is 132 Å². The molecule has 3 rings (SSSR count). The van der Waals surface area contributed by atoms with Gasteiger partial charge in [0.2, 0.25) is 0 Å². The molecule has 0 aliphatic carbocycles. The Morgan fingerprint density at radius 3 is 2.91 bits per heavy atom. The first kappa shape index (κ1) is 14.7. The number of nitrogens with zero attached hydrogens (tertiary/aromatic N) is 3. The molecule has 0 radical (unpaired) electrons. The highest BCUT2D eigenvalue weighted by Gasteiger charge is 2.09. The Morgan fingerprint density at radius 1 is 1.26 bits per heavy atom. The van der Waals surface area contributed by atoms with Crippen LogP contribution in [-0.4, -0.2) is 21.0 Å². The number of carbonyl (C=O) groups is 1. The monoisotopic (exact) mass is 309 g/mol. The van der Waals surface area contributed by atoms with Gasteiger partial charge in [0.05, 0.1) is 0 Å². The molecule has 2 N–H and O–H groups in total. The summed E-state index contributed by atoms with van der Waals surface area (Å²) in [5, 5.41) is 9.71. The van der Waals surface area contributed by atoms with Gasteiger partial charge in [-0.2, -0.15) is 0 Å². The van der Waals surface area contributed by atoms with Crippen LogP contribution in [0, 0.1) is 6.92 Å². The Kier molecular flexibility index (Phi) is 4.28. The molecule has 7 heteroatoms. The van der Waals surface area contributed by atoms with E-state index in [0.29, 0.717) is 29.5 Å². The van der Waals surface area contributed by atoms with Crippen molar-refractivity contribution in [3.8, 4) is 0 Å². The number of aryl methyl sites for hydroxylation is 1. The Hall–Kier alpha value is -3.22. The summed E-state index contributed by atoms with van der Waals surface area (Å²) in [4.78, 5) is 20.3. The normalized spacial score (nSPS) is 10.3. The van der Waals surface area contributed by atoms with Crippen molar-refractivity contribution in [2.24, 2.45) is 0 Å². The lowest BCUT2D eigenvalue weighted by atomic mass is 10.2. The maximum absolute atomic E-state index is 12.2. The molecule has 0 fully saturated rings. The van der Waals surface area contributed by atoms with Gasteiger partial charge in [0.25, 0.3) is 5.91 Å². The van der Waals surface area contributed by atoms with Crippen LogP contribution in [0.5, 0.6) is 0 Å². The third-order valence-electron chi connectivity index (χ3n) is 3.07. The molecule has 1 amide bonds. The summed E-state index contributed by atoms with van der Waals surface area (Å²) >= 11 is 0. The molecule has 0 atom stereocenters. The van der Waals surface area contributed by atoms with Crippen LogP contribution < -0.4 is 10.6 Å². The minimum absolute atomic E-state index is 0.256. The van der Waals surface area contributed by atoms with Crippen LogP contribution in [0.4, 0.5) is 11.5 Å². The van der Waals surface area contributed by atoms with Crippen LogP contribution in [0.3, 0.4) is 0 Å². The molecule has 3 aromatic rings. The quantitative estimate of drug-likeness (QED) is 0.752. The minimum atomic E-state index is -0.256. The molecule has 0 saturated heterocycles. The second-order valence-corrected chi connectivity index (χ2v) is 4.92. The fourth-order valence-electron chi connectivity index (χ4n) is 1.98. The first-order valence-corrected chi connectivity index (χ1v) is 7.04. The van der Waals surface area contributed by atoms with Crippen molar-refractivity contribution in [3.63, 3.8) is 0 Å². The van der Waals surface area contributed by atoms with Crippen molar-refractivity contribution in [3.05, 3.63) is 65.9 Å². The van der Waals surface area contributed by atoms with E-state index in [4.69, 9.17) is 4.52 Å². The summed E-state index contributed by atoms with van der Waals surface area (Å²) in [5.74, 6) is 1.03. The summed E-state index contributed by atoms with van der Waals surface area (Å²) in [6.45, 7) is 2.20. The van der Waals surface area contributed by atoms with E-state index >= 15 is 0 Å². The van der Waals surface area contributed by atoms with Gasteiger partial charge in [0.1, 0.15) is 11.5 Å². The Bertz CT molecular complexity index is 801. The highest BCUT2D eigenvalue weighted by Crippen LogP contribution is 2.16. The zero-order chi connectivity index (χ0) is 16.1. The second kappa shape index (κ2) is 6.69. The lowest BCUT2D eigenvalue weighted by Gasteiger charge is -2.06. The van der Waals surface area contributed by atoms with E-state index < -0.39 is 0 Å². The van der Waals surface area contributed by atoms with Crippen molar-refractivity contribution < 1.29 is 9.32 Å². The fourth-order valence-corrected chi connectivity index (χ4v) is 1.98. The van der Waals surface area contributed by atoms with Gasteiger partial charge in [0, 0.05) is 36.9 Å². The lowest BCUT2D eigenvalue weighted by Crippen LogP contribution is -2.23. The minimum Gasteiger partial charge on any atom is -0.360 e. The van der Waals surface area contributed by atoms with Crippen molar-refractivity contribution in [2.75, 3.05) is 5.32 Å². The SMILES string of the molecule is Cc1cc(Nc2ccnc(C(=O)NCc3cccnc3)c2)no1. The van der Waals surface area contributed by atoms with Crippen molar-refractivity contribution in [1.29, 1.82) is 0 Å². The zero-order valence-electron chi connectivity index (χ0n) is 12.5. The molecule has 0 bridgehead atoms. The molecule has 0 unspecified atom stereocenters. The fraction of sp³-hybridized carbons (Fsp3) is 0.125. The van der Waals surface area contributed by atoms with Gasteiger partial charge in [0.15, 0.2) is 5.82 Å². The van der Waals surface area contributed by atoms with Gasteiger partial charge in [-0.05, 0) is 30.7 Å². The van der Waals surface area contributed by atoms with Gasteiger partial charge in [-0.15, -0.1) is 0 Å². The smallest absolute Gasteiger partial charge is 0.270 e. The molecule has 23 heavy (non-hydrogen) atoms. The number of amides is 1. The molecule has 7 nitrogen and oxygen atoms in total. The van der Waals surface area contributed by atoms with Crippen molar-refractivity contribution >= 4 is 17.4 Å². The number of aromatic nitrogens is 3. The molecule has 0 spiro atoms. The Morgan fingerprint density at radius 2 is 2.17 bits per heavy atom. The average Bonchev–Trinajstić information content (AvgIpc) is 2.99. The highest BCUT2D eigenvalue weighted by molar-refractivity contribution is 5.93. The van der Waals surface area contributed by atoms with Gasteiger partial charge in [-0.3, -0.25) is 14.8 Å². The van der Waals surface area contributed by atoms with Crippen LogP contribution >= 0.6 is 0 Å². The molecule has 0 saturated carbocycles. The van der Waals surface area contributed by atoms with E-state index in [1.807, 2.05) is 19.1 Å². The van der Waals surface area contributed by atoms with Crippen LogP contribution in [0.1, 0.15) is 21.8 Å². The summed E-state index contributed by atoms with van der Waals surface area (Å²) in [6.07, 6.45) is 4.96. The molecule has 0 aliphatic rings. The first-order valence-electron chi connectivity index (χ1n) is 7.04. The van der Waals surface area contributed by atoms with E-state index in [1.165, 1.54) is 0 Å². The number of nitrogens with one attached hydrogen (secondary N) is 2. The van der Waals surface area contributed by atoms with E-state index in [1.54, 1.807) is 36.8 Å². The number of anilines is 2. The molecule has 0 aromatic carbocycles. The summed E-state index contributed by atoms with van der Waals surface area (Å²) < 4.78 is 4.99. The number of carbonyl (C=O) groups excluding carboxylic acids is 1. The highest BCUT2D eigenvalue weighted by atomic mass is 16.5. The summed E-state index contributed by atoms with van der Waals surface area (Å²) in [7, 11) is 0. The van der Waals surface area contributed by atoms with Gasteiger partial charge in [-0.25, -0.2) is 0 Å². The standard InChI is InChI=1S/C16H15N5O2/c1-11-7-15(21-23-11)20-13-4-6-18-14(8-13)16(22)19-10-12-3-2-5-17-9-12/h2-9H,10H2,1H3,(H,19,22)(H,18,20,21). The van der Waals surface area contributed by atoms with Crippen LogP contribution in [-0.2, 0) is 6.54 Å². The third-order valence-corrected chi connectivity index (χ3v) is 3.07. The molecule has 3 heterocycles. The van der Waals surface area contributed by atoms with Gasteiger partial charge in [-0.1, -0.05) is 11.2 Å². The average molecular weight is 309 g/mol. The molecular formula is C16H15N5O2. The second-order valence-electron chi connectivity index (χ2n) is 4.92. The van der Waals surface area contributed by atoms with Crippen LogP contribution in [0.2, 0.25) is 0 Å². The molecular weight excluding hydrogens is 294 g/mol. The number of pyridine rings is 2. The van der Waals surface area contributed by atoms with Crippen molar-refractivity contribution in [1.82, 2.24) is 20.4 Å². The largest absolute Gasteiger partial charge is 0.360 e. The van der Waals surface area contributed by atoms with E-state index in [9.17, 15) is 4.79 Å². The summed E-state index contributed by atoms with van der Waals surface area (Å²) in [6, 6.07) is 8.89. The van der Waals surface area contributed by atoms with Gasteiger partial charge < -0.3 is 15.2 Å². The van der Waals surface area contributed by atoms with Crippen molar-refractivity contribution in [2.45, 2.75) is 13.5 Å². The molecule has 0 aliphatic heterocycles. The van der Waals surface area contributed by atoms with Crippen LogP contribution in [0.15, 0.2) is 53.4 Å². The third kappa shape index (κ3) is 3.91. The topological polar surface area (TPSA) is 92.9 Å². The predicted molar refractivity (Wildman–Crippen MR) is 84.2 cm³/mol. The number of hydrogen-bond acceptors (Lipinski definition) is 6. The lowest BCUT2D eigenvalue weighted by molar-refractivity contribution is 0.0946. The zero-order valence-corrected chi connectivity index (χ0v) is 12.5.